The van der Waals surface area contributed by atoms with Crippen LogP contribution in [0.5, 0.6) is 0 Å². The molecule has 0 radical (unpaired) electrons. The van der Waals surface area contributed by atoms with Gasteiger partial charge in [-0.1, -0.05) is 18.2 Å². The van der Waals surface area contributed by atoms with Crippen molar-refractivity contribution >= 4 is 18.3 Å². The molecule has 1 amide bonds. The summed E-state index contributed by atoms with van der Waals surface area (Å²) in [6, 6.07) is 3.28. The minimum Gasteiger partial charge on any atom is -0.445 e. The summed E-state index contributed by atoms with van der Waals surface area (Å²) in [5.74, 6) is -0.294. The largest absolute Gasteiger partial charge is 0.509 e. The second-order valence-electron chi connectivity index (χ2n) is 3.50. The molecular weight excluding hydrogens is 206 g/mol. The maximum absolute atomic E-state index is 12.4. The van der Waals surface area contributed by atoms with Crippen LogP contribution in [0.1, 0.15) is 15.9 Å². The number of rotatable bonds is 1. The SMILES string of the molecule is O=C1NCCc2cc([B-](F)(F)F)ccc21. The number of halogens is 3. The van der Waals surface area contributed by atoms with E-state index in [-0.39, 0.29) is 5.91 Å². The van der Waals surface area contributed by atoms with Crippen molar-refractivity contribution < 1.29 is 17.7 Å². The van der Waals surface area contributed by atoms with E-state index in [1.807, 2.05) is 0 Å². The average Bonchev–Trinajstić information content (AvgIpc) is 2.16. The normalized spacial score (nSPS) is 15.8. The Bertz CT molecular complexity index is 416. The summed E-state index contributed by atoms with van der Waals surface area (Å²) in [4.78, 5) is 11.3. The Morgan fingerprint density at radius 2 is 2.00 bits per heavy atom. The Morgan fingerprint density at radius 1 is 1.27 bits per heavy atom. The molecule has 0 bridgehead atoms. The molecule has 6 heteroatoms. The molecule has 0 fully saturated rings. The fourth-order valence-corrected chi connectivity index (χ4v) is 1.65. The molecule has 1 aliphatic heterocycles. The zero-order chi connectivity index (χ0) is 11.1. The molecule has 0 atom stereocenters. The van der Waals surface area contributed by atoms with Crippen LogP contribution in [-0.2, 0) is 6.42 Å². The van der Waals surface area contributed by atoms with Crippen LogP contribution in [0.4, 0.5) is 12.9 Å². The van der Waals surface area contributed by atoms with Gasteiger partial charge in [0.2, 0.25) is 0 Å². The van der Waals surface area contributed by atoms with E-state index in [0.717, 1.165) is 12.1 Å². The number of carbonyl (C=O) groups excluding carboxylic acids is 1. The smallest absolute Gasteiger partial charge is 0.445 e. The van der Waals surface area contributed by atoms with Gasteiger partial charge in [-0.3, -0.25) is 4.79 Å². The molecule has 2 rings (SSSR count). The van der Waals surface area contributed by atoms with Crippen molar-refractivity contribution in [1.29, 1.82) is 0 Å². The Balaban J connectivity index is 2.46. The van der Waals surface area contributed by atoms with Gasteiger partial charge in [-0.2, -0.15) is 0 Å². The lowest BCUT2D eigenvalue weighted by atomic mass is 9.78. The molecule has 2 nitrogen and oxygen atoms in total. The minimum atomic E-state index is -4.98. The highest BCUT2D eigenvalue weighted by atomic mass is 19.4. The van der Waals surface area contributed by atoms with Gasteiger partial charge in [0.25, 0.3) is 5.91 Å². The van der Waals surface area contributed by atoms with E-state index < -0.39 is 12.4 Å². The maximum Gasteiger partial charge on any atom is 0.509 e. The van der Waals surface area contributed by atoms with Gasteiger partial charge in [-0.05, 0) is 12.0 Å². The van der Waals surface area contributed by atoms with Crippen LogP contribution in [0.2, 0.25) is 0 Å². The number of hydrogen-bond acceptors (Lipinski definition) is 1. The topological polar surface area (TPSA) is 29.1 Å². The monoisotopic (exact) mass is 214 g/mol. The number of hydrogen-bond donors (Lipinski definition) is 1. The van der Waals surface area contributed by atoms with Crippen molar-refractivity contribution in [2.24, 2.45) is 0 Å². The van der Waals surface area contributed by atoms with E-state index in [4.69, 9.17) is 0 Å². The Hall–Kier alpha value is -1.46. The van der Waals surface area contributed by atoms with Crippen LogP contribution in [0.3, 0.4) is 0 Å². The van der Waals surface area contributed by atoms with Crippen molar-refractivity contribution in [3.05, 3.63) is 29.3 Å². The summed E-state index contributed by atoms with van der Waals surface area (Å²) in [5, 5.41) is 2.58. The van der Waals surface area contributed by atoms with Crippen LogP contribution in [0.25, 0.3) is 0 Å². The molecule has 1 aromatic carbocycles. The third-order valence-electron chi connectivity index (χ3n) is 2.43. The number of benzene rings is 1. The molecule has 1 heterocycles. The summed E-state index contributed by atoms with van der Waals surface area (Å²) in [6.07, 6.45) is 0.459. The van der Waals surface area contributed by atoms with Gasteiger partial charge in [-0.25, -0.2) is 0 Å². The van der Waals surface area contributed by atoms with E-state index in [1.54, 1.807) is 0 Å². The number of amides is 1. The highest BCUT2D eigenvalue weighted by Crippen LogP contribution is 2.16. The molecule has 0 aliphatic carbocycles. The summed E-state index contributed by atoms with van der Waals surface area (Å²) < 4.78 is 37.3. The molecule has 0 saturated carbocycles. The number of carbonyl (C=O) groups is 1. The average molecular weight is 214 g/mol. The minimum absolute atomic E-state index is 0.294. The molecule has 0 unspecified atom stereocenters. The van der Waals surface area contributed by atoms with E-state index in [1.165, 1.54) is 6.07 Å². The van der Waals surface area contributed by atoms with E-state index in [2.05, 4.69) is 5.32 Å². The lowest BCUT2D eigenvalue weighted by Crippen LogP contribution is -2.37. The third kappa shape index (κ3) is 1.84. The van der Waals surface area contributed by atoms with Gasteiger partial charge in [0, 0.05) is 12.1 Å². The molecular formula is C9H8BF3NO-. The summed E-state index contributed by atoms with van der Waals surface area (Å²) in [6.45, 7) is -4.57. The van der Waals surface area contributed by atoms with Crippen LogP contribution in [0.15, 0.2) is 18.2 Å². The second kappa shape index (κ2) is 3.29. The fourth-order valence-electron chi connectivity index (χ4n) is 1.65. The molecule has 80 valence electrons. The van der Waals surface area contributed by atoms with E-state index in [9.17, 15) is 17.7 Å². The van der Waals surface area contributed by atoms with Crippen LogP contribution in [0, 0.1) is 0 Å². The van der Waals surface area contributed by atoms with Crippen molar-refractivity contribution in [3.8, 4) is 0 Å². The molecule has 15 heavy (non-hydrogen) atoms. The highest BCUT2D eigenvalue weighted by molar-refractivity contribution is 6.73. The van der Waals surface area contributed by atoms with Crippen molar-refractivity contribution in [2.75, 3.05) is 6.54 Å². The molecule has 0 aromatic heterocycles. The molecule has 1 N–H and O–H groups in total. The Kier molecular flexibility index (Phi) is 2.21. The molecule has 0 saturated heterocycles. The maximum atomic E-state index is 12.4. The lowest BCUT2D eigenvalue weighted by Gasteiger charge is -2.21. The van der Waals surface area contributed by atoms with Gasteiger partial charge in [0.1, 0.15) is 0 Å². The van der Waals surface area contributed by atoms with Gasteiger partial charge in [0.05, 0.1) is 0 Å². The van der Waals surface area contributed by atoms with Gasteiger partial charge in [-0.15, -0.1) is 5.46 Å². The number of fused-ring (bicyclic) bond motifs is 1. The van der Waals surface area contributed by atoms with Crippen LogP contribution >= 0.6 is 0 Å². The Labute approximate surface area is 84.5 Å². The summed E-state index contributed by atoms with van der Waals surface area (Å²) >= 11 is 0. The van der Waals surface area contributed by atoms with Crippen molar-refractivity contribution in [1.82, 2.24) is 5.32 Å². The standard InChI is InChI=1S/C9H8BF3NO/c11-10(12,13)7-1-2-8-6(5-7)3-4-14-9(8)15/h1-2,5H,3-4H2,(H,14,15)/q-1. The first-order chi connectivity index (χ1) is 6.98. The fraction of sp³-hybridized carbons (Fsp3) is 0.222. The summed E-state index contributed by atoms with van der Waals surface area (Å²) in [5.41, 5.74) is 0.198. The quantitative estimate of drug-likeness (QED) is 0.695. The zero-order valence-corrected chi connectivity index (χ0v) is 7.77. The van der Waals surface area contributed by atoms with Crippen molar-refractivity contribution in [2.45, 2.75) is 6.42 Å². The first-order valence-corrected chi connectivity index (χ1v) is 4.59. The predicted octanol–water partition coefficient (Wildman–Crippen LogP) is 1.03. The third-order valence-corrected chi connectivity index (χ3v) is 2.43. The molecule has 1 aromatic rings. The van der Waals surface area contributed by atoms with Crippen molar-refractivity contribution in [3.63, 3.8) is 0 Å². The van der Waals surface area contributed by atoms with Gasteiger partial charge in [0.15, 0.2) is 0 Å². The second-order valence-corrected chi connectivity index (χ2v) is 3.50. The first kappa shape index (κ1) is 10.1. The lowest BCUT2D eigenvalue weighted by molar-refractivity contribution is 0.0946. The van der Waals surface area contributed by atoms with E-state index >= 15 is 0 Å². The van der Waals surface area contributed by atoms with Crippen LogP contribution < -0.4 is 10.8 Å². The van der Waals surface area contributed by atoms with Gasteiger partial charge >= 0.3 is 6.98 Å². The molecule has 0 spiro atoms. The van der Waals surface area contributed by atoms with Gasteiger partial charge < -0.3 is 18.3 Å². The van der Waals surface area contributed by atoms with E-state index in [0.29, 0.717) is 24.1 Å². The summed E-state index contributed by atoms with van der Waals surface area (Å²) in [7, 11) is 0. The van der Waals surface area contributed by atoms with Crippen LogP contribution in [-0.4, -0.2) is 19.4 Å². The first-order valence-electron chi connectivity index (χ1n) is 4.59. The predicted molar refractivity (Wildman–Crippen MR) is 51.2 cm³/mol. The molecule has 1 aliphatic rings. The number of nitrogens with one attached hydrogen (secondary N) is 1. The highest BCUT2D eigenvalue weighted by Gasteiger charge is 2.27. The Morgan fingerprint density at radius 3 is 2.67 bits per heavy atom. The zero-order valence-electron chi connectivity index (χ0n) is 7.77.